The zero-order valence-electron chi connectivity index (χ0n) is 17.3. The van der Waals surface area contributed by atoms with Crippen LogP contribution in [0.25, 0.3) is 0 Å². The molecule has 1 aliphatic heterocycles. The van der Waals surface area contributed by atoms with Crippen molar-refractivity contribution in [2.24, 2.45) is 0 Å². The molecule has 4 rings (SSSR count). The number of rotatable bonds is 8. The van der Waals surface area contributed by atoms with Crippen LogP contribution >= 0.6 is 11.6 Å². The van der Waals surface area contributed by atoms with Crippen LogP contribution in [0.5, 0.6) is 17.2 Å². The molecule has 32 heavy (non-hydrogen) atoms. The Balaban J connectivity index is 1.22. The summed E-state index contributed by atoms with van der Waals surface area (Å²) in [7, 11) is 0. The number of halogens is 1. The molecule has 164 valence electrons. The Kier molecular flexibility index (Phi) is 6.92. The Hall–Kier alpha value is -3.51. The fourth-order valence-electron chi connectivity index (χ4n) is 3.26. The molecule has 3 aromatic carbocycles. The number of carbonyl (C=O) groups is 2. The van der Waals surface area contributed by atoms with E-state index in [-0.39, 0.29) is 18.3 Å². The molecule has 1 aliphatic rings. The van der Waals surface area contributed by atoms with Gasteiger partial charge in [-0.3, -0.25) is 9.59 Å². The van der Waals surface area contributed by atoms with Crippen LogP contribution in [0, 0.1) is 0 Å². The maximum atomic E-state index is 12.5. The van der Waals surface area contributed by atoms with Crippen molar-refractivity contribution in [2.75, 3.05) is 26.4 Å². The molecule has 0 spiro atoms. The maximum absolute atomic E-state index is 12.5. The van der Waals surface area contributed by atoms with E-state index in [1.165, 1.54) is 0 Å². The number of ketones is 1. The summed E-state index contributed by atoms with van der Waals surface area (Å²) < 4.78 is 16.6. The zero-order chi connectivity index (χ0) is 22.3. The predicted molar refractivity (Wildman–Crippen MR) is 121 cm³/mol. The molecule has 0 fully saturated rings. The maximum Gasteiger partial charge on any atom is 0.257 e. The third-order valence-corrected chi connectivity index (χ3v) is 5.19. The summed E-state index contributed by atoms with van der Waals surface area (Å²) in [5.74, 6) is 1.67. The van der Waals surface area contributed by atoms with Crippen LogP contribution in [-0.2, 0) is 11.2 Å². The number of fused-ring (bicyclic) bond motifs is 1. The predicted octanol–water partition coefficient (Wildman–Crippen LogP) is 4.08. The van der Waals surface area contributed by atoms with Gasteiger partial charge < -0.3 is 19.5 Å². The normalized spacial score (nSPS) is 12.2. The van der Waals surface area contributed by atoms with Crippen LogP contribution in [0.2, 0.25) is 5.02 Å². The lowest BCUT2D eigenvalue weighted by Gasteiger charge is -2.18. The van der Waals surface area contributed by atoms with Crippen molar-refractivity contribution < 1.29 is 23.8 Å². The first-order chi connectivity index (χ1) is 15.6. The van der Waals surface area contributed by atoms with Gasteiger partial charge in [0.1, 0.15) is 19.0 Å². The molecule has 0 unspecified atom stereocenters. The summed E-state index contributed by atoms with van der Waals surface area (Å²) in [5.41, 5.74) is 2.14. The van der Waals surface area contributed by atoms with Gasteiger partial charge in [0.05, 0.1) is 0 Å². The topological polar surface area (TPSA) is 73.9 Å². The first-order valence-electron chi connectivity index (χ1n) is 10.3. The fourth-order valence-corrected chi connectivity index (χ4v) is 3.39. The summed E-state index contributed by atoms with van der Waals surface area (Å²) in [4.78, 5) is 24.6. The quantitative estimate of drug-likeness (QED) is 0.522. The summed E-state index contributed by atoms with van der Waals surface area (Å²) in [6.45, 7) is 1.48. The molecule has 1 heterocycles. The third kappa shape index (κ3) is 5.59. The molecular weight excluding hydrogens is 430 g/mol. The Morgan fingerprint density at radius 3 is 2.25 bits per heavy atom. The molecule has 1 N–H and O–H groups in total. The number of hydrogen-bond donors (Lipinski definition) is 1. The number of ether oxygens (including phenoxy) is 3. The van der Waals surface area contributed by atoms with Gasteiger partial charge in [-0.15, -0.1) is 0 Å². The molecule has 0 saturated heterocycles. The SMILES string of the molecule is O=C(COc1ccc(C(=O)c2ccc(Cl)cc2)cc1)NCCc1ccc2c(c1)OCCO2. The second-order valence-corrected chi connectivity index (χ2v) is 7.66. The number of carbonyl (C=O) groups excluding carboxylic acids is 2. The van der Waals surface area contributed by atoms with Crippen LogP contribution in [0.15, 0.2) is 66.7 Å². The highest BCUT2D eigenvalue weighted by molar-refractivity contribution is 6.30. The zero-order valence-corrected chi connectivity index (χ0v) is 18.1. The smallest absolute Gasteiger partial charge is 0.257 e. The van der Waals surface area contributed by atoms with Crippen molar-refractivity contribution in [3.05, 3.63) is 88.4 Å². The Bertz CT molecular complexity index is 1100. The molecule has 1 amide bonds. The summed E-state index contributed by atoms with van der Waals surface area (Å²) in [6.07, 6.45) is 0.671. The molecule has 0 aliphatic carbocycles. The van der Waals surface area contributed by atoms with E-state index in [9.17, 15) is 9.59 Å². The van der Waals surface area contributed by atoms with Crippen molar-refractivity contribution >= 4 is 23.3 Å². The average molecular weight is 452 g/mol. The van der Waals surface area contributed by atoms with Gasteiger partial charge in [-0.05, 0) is 72.6 Å². The van der Waals surface area contributed by atoms with Crippen molar-refractivity contribution in [1.82, 2.24) is 5.32 Å². The minimum atomic E-state index is -0.219. The second-order valence-electron chi connectivity index (χ2n) is 7.23. The van der Waals surface area contributed by atoms with Gasteiger partial charge >= 0.3 is 0 Å². The van der Waals surface area contributed by atoms with Gasteiger partial charge in [-0.1, -0.05) is 17.7 Å². The van der Waals surface area contributed by atoms with Crippen molar-refractivity contribution in [1.29, 1.82) is 0 Å². The highest BCUT2D eigenvalue weighted by atomic mass is 35.5. The number of benzene rings is 3. The largest absolute Gasteiger partial charge is 0.486 e. The number of hydrogen-bond acceptors (Lipinski definition) is 5. The Labute approximate surface area is 191 Å². The molecule has 0 aromatic heterocycles. The van der Waals surface area contributed by atoms with Crippen molar-refractivity contribution in [3.8, 4) is 17.2 Å². The van der Waals surface area contributed by atoms with Gasteiger partial charge in [-0.25, -0.2) is 0 Å². The van der Waals surface area contributed by atoms with E-state index >= 15 is 0 Å². The van der Waals surface area contributed by atoms with Crippen LogP contribution in [0.4, 0.5) is 0 Å². The van der Waals surface area contributed by atoms with E-state index in [1.807, 2.05) is 18.2 Å². The van der Waals surface area contributed by atoms with Crippen LogP contribution in [-0.4, -0.2) is 38.1 Å². The van der Waals surface area contributed by atoms with Crippen molar-refractivity contribution in [2.45, 2.75) is 6.42 Å². The van der Waals surface area contributed by atoms with Gasteiger partial charge in [-0.2, -0.15) is 0 Å². The van der Waals surface area contributed by atoms with Crippen LogP contribution < -0.4 is 19.5 Å². The van der Waals surface area contributed by atoms with Gasteiger partial charge in [0, 0.05) is 22.7 Å². The van der Waals surface area contributed by atoms with E-state index in [1.54, 1.807) is 48.5 Å². The Morgan fingerprint density at radius 1 is 0.875 bits per heavy atom. The average Bonchev–Trinajstić information content (AvgIpc) is 2.83. The number of amides is 1. The molecule has 0 bridgehead atoms. The van der Waals surface area contributed by atoms with E-state index in [0.29, 0.717) is 48.1 Å². The van der Waals surface area contributed by atoms with E-state index in [2.05, 4.69) is 5.32 Å². The van der Waals surface area contributed by atoms with Crippen LogP contribution in [0.3, 0.4) is 0 Å². The summed E-state index contributed by atoms with van der Waals surface area (Å²) in [6, 6.07) is 19.2. The highest BCUT2D eigenvalue weighted by Crippen LogP contribution is 2.30. The molecular formula is C25H22ClNO5. The Morgan fingerprint density at radius 2 is 1.53 bits per heavy atom. The van der Waals surface area contributed by atoms with E-state index in [0.717, 1.165) is 17.1 Å². The fraction of sp³-hybridized carbons (Fsp3) is 0.200. The molecule has 6 nitrogen and oxygen atoms in total. The molecule has 0 radical (unpaired) electrons. The molecule has 3 aromatic rings. The molecule has 0 saturated carbocycles. The minimum absolute atomic E-state index is 0.106. The van der Waals surface area contributed by atoms with Gasteiger partial charge in [0.2, 0.25) is 0 Å². The highest BCUT2D eigenvalue weighted by Gasteiger charge is 2.12. The number of nitrogens with one attached hydrogen (secondary N) is 1. The second kappa shape index (κ2) is 10.2. The summed E-state index contributed by atoms with van der Waals surface area (Å²) >= 11 is 5.86. The first-order valence-corrected chi connectivity index (χ1v) is 10.6. The lowest BCUT2D eigenvalue weighted by molar-refractivity contribution is -0.123. The third-order valence-electron chi connectivity index (χ3n) is 4.94. The van der Waals surface area contributed by atoms with E-state index in [4.69, 9.17) is 25.8 Å². The minimum Gasteiger partial charge on any atom is -0.486 e. The van der Waals surface area contributed by atoms with E-state index < -0.39 is 0 Å². The first kappa shape index (κ1) is 21.7. The molecule has 7 heteroatoms. The van der Waals surface area contributed by atoms with Gasteiger partial charge in [0.25, 0.3) is 5.91 Å². The van der Waals surface area contributed by atoms with Gasteiger partial charge in [0.15, 0.2) is 23.9 Å². The summed E-state index contributed by atoms with van der Waals surface area (Å²) in [5, 5.41) is 3.41. The molecule has 0 atom stereocenters. The lowest BCUT2D eigenvalue weighted by Crippen LogP contribution is -2.30. The lowest BCUT2D eigenvalue weighted by atomic mass is 10.0. The van der Waals surface area contributed by atoms with Crippen LogP contribution in [0.1, 0.15) is 21.5 Å². The monoisotopic (exact) mass is 451 g/mol. The van der Waals surface area contributed by atoms with Crippen molar-refractivity contribution in [3.63, 3.8) is 0 Å². The standard InChI is InChI=1S/C25H22ClNO5/c26-20-6-2-18(3-7-20)25(29)19-4-8-21(9-5-19)32-16-24(28)27-12-11-17-1-10-22-23(15-17)31-14-13-30-22/h1-10,15H,11-14,16H2,(H,27,28).